The van der Waals surface area contributed by atoms with E-state index in [2.05, 4.69) is 11.4 Å². The Morgan fingerprint density at radius 1 is 1.48 bits per heavy atom. The van der Waals surface area contributed by atoms with Crippen LogP contribution in [0.3, 0.4) is 0 Å². The van der Waals surface area contributed by atoms with Gasteiger partial charge in [0.2, 0.25) is 5.91 Å². The lowest BCUT2D eigenvalue weighted by Gasteiger charge is -2.30. The number of aliphatic hydroxyl groups is 1. The zero-order valence-electron chi connectivity index (χ0n) is 13.1. The van der Waals surface area contributed by atoms with E-state index in [4.69, 9.17) is 4.74 Å². The minimum Gasteiger partial charge on any atom is -0.493 e. The van der Waals surface area contributed by atoms with E-state index in [1.165, 1.54) is 0 Å². The Kier molecular flexibility index (Phi) is 5.23. The fourth-order valence-corrected chi connectivity index (χ4v) is 2.80. The second kappa shape index (κ2) is 6.94. The summed E-state index contributed by atoms with van der Waals surface area (Å²) in [7, 11) is 0. The maximum atomic E-state index is 11.9. The van der Waals surface area contributed by atoms with Crippen molar-refractivity contribution in [3.8, 4) is 5.75 Å². The molecule has 2 rings (SSSR count). The van der Waals surface area contributed by atoms with Gasteiger partial charge in [0, 0.05) is 24.0 Å². The van der Waals surface area contributed by atoms with E-state index < -0.39 is 6.10 Å². The molecule has 2 N–H and O–H groups in total. The molecule has 0 spiro atoms. The number of aliphatic hydroxyl groups excluding tert-OH is 1. The van der Waals surface area contributed by atoms with Crippen molar-refractivity contribution in [3.63, 3.8) is 0 Å². The van der Waals surface area contributed by atoms with Crippen molar-refractivity contribution in [1.82, 2.24) is 5.32 Å². The summed E-state index contributed by atoms with van der Waals surface area (Å²) >= 11 is 0. The van der Waals surface area contributed by atoms with E-state index >= 15 is 0 Å². The second-order valence-electron chi connectivity index (χ2n) is 5.70. The fourth-order valence-electron chi connectivity index (χ4n) is 2.80. The number of nitrogens with one attached hydrogen (secondary N) is 1. The van der Waals surface area contributed by atoms with Crippen LogP contribution in [0.4, 0.5) is 0 Å². The Morgan fingerprint density at radius 2 is 2.24 bits per heavy atom. The molecule has 0 aliphatic carbocycles. The first kappa shape index (κ1) is 15.8. The van der Waals surface area contributed by atoms with E-state index in [1.54, 1.807) is 0 Å². The first-order valence-electron chi connectivity index (χ1n) is 7.81. The van der Waals surface area contributed by atoms with E-state index in [0.29, 0.717) is 19.4 Å². The van der Waals surface area contributed by atoms with Crippen LogP contribution in [0.1, 0.15) is 68.4 Å². The number of aryl methyl sites for hydroxylation is 1. The van der Waals surface area contributed by atoms with Gasteiger partial charge in [-0.15, -0.1) is 0 Å². The average Bonchev–Trinajstić information content (AvgIpc) is 2.46. The number of carbonyl (C=O) groups is 1. The summed E-state index contributed by atoms with van der Waals surface area (Å²) in [5, 5.41) is 13.3. The summed E-state index contributed by atoms with van der Waals surface area (Å²) in [5.74, 6) is 0.831. The lowest BCUT2D eigenvalue weighted by Crippen LogP contribution is -2.32. The number of ether oxygens (including phenoxy) is 1. The van der Waals surface area contributed by atoms with Crippen LogP contribution < -0.4 is 10.1 Å². The van der Waals surface area contributed by atoms with Gasteiger partial charge >= 0.3 is 0 Å². The van der Waals surface area contributed by atoms with Crippen molar-refractivity contribution in [2.75, 3.05) is 6.61 Å². The monoisotopic (exact) mass is 291 g/mol. The highest BCUT2D eigenvalue weighted by Gasteiger charge is 2.27. The Bertz CT molecular complexity index is 513. The highest BCUT2D eigenvalue weighted by Crippen LogP contribution is 2.39. The SMILES string of the molecule is CCCC(=O)NC1CCOc2c(C(O)CC)cc(C)cc21. The molecule has 1 aliphatic rings. The Hall–Kier alpha value is -1.55. The second-order valence-corrected chi connectivity index (χ2v) is 5.70. The zero-order valence-corrected chi connectivity index (χ0v) is 13.1. The summed E-state index contributed by atoms with van der Waals surface area (Å²) in [6.45, 7) is 6.52. The van der Waals surface area contributed by atoms with E-state index in [0.717, 1.165) is 35.3 Å². The molecule has 116 valence electrons. The molecular formula is C17H25NO3. The Morgan fingerprint density at radius 3 is 2.90 bits per heavy atom. The van der Waals surface area contributed by atoms with Gasteiger partial charge in [-0.2, -0.15) is 0 Å². The molecule has 1 aromatic carbocycles. The Labute approximate surface area is 126 Å². The molecule has 4 heteroatoms. The predicted octanol–water partition coefficient (Wildman–Crippen LogP) is 3.18. The lowest BCUT2D eigenvalue weighted by molar-refractivity contribution is -0.122. The molecular weight excluding hydrogens is 266 g/mol. The van der Waals surface area contributed by atoms with Crippen LogP contribution in [0.25, 0.3) is 0 Å². The third kappa shape index (κ3) is 3.56. The van der Waals surface area contributed by atoms with E-state index in [1.807, 2.05) is 26.8 Å². The van der Waals surface area contributed by atoms with Crippen LogP contribution in [0.5, 0.6) is 5.75 Å². The number of hydrogen-bond donors (Lipinski definition) is 2. The van der Waals surface area contributed by atoms with Crippen molar-refractivity contribution < 1.29 is 14.6 Å². The van der Waals surface area contributed by atoms with Crippen LogP contribution in [0.15, 0.2) is 12.1 Å². The first-order valence-corrected chi connectivity index (χ1v) is 7.81. The molecule has 0 aromatic heterocycles. The molecule has 0 saturated heterocycles. The maximum absolute atomic E-state index is 11.9. The molecule has 1 heterocycles. The van der Waals surface area contributed by atoms with Crippen molar-refractivity contribution >= 4 is 5.91 Å². The topological polar surface area (TPSA) is 58.6 Å². The highest BCUT2D eigenvalue weighted by molar-refractivity contribution is 5.76. The van der Waals surface area contributed by atoms with Gasteiger partial charge in [0.05, 0.1) is 18.8 Å². The van der Waals surface area contributed by atoms with E-state index in [-0.39, 0.29) is 11.9 Å². The highest BCUT2D eigenvalue weighted by atomic mass is 16.5. The van der Waals surface area contributed by atoms with Gasteiger partial charge in [0.1, 0.15) is 5.75 Å². The summed E-state index contributed by atoms with van der Waals surface area (Å²) < 4.78 is 5.79. The van der Waals surface area contributed by atoms with Gasteiger partial charge in [-0.3, -0.25) is 4.79 Å². The van der Waals surface area contributed by atoms with Gasteiger partial charge in [-0.05, 0) is 25.8 Å². The van der Waals surface area contributed by atoms with Crippen LogP contribution >= 0.6 is 0 Å². The molecule has 0 bridgehead atoms. The molecule has 0 radical (unpaired) electrons. The van der Waals surface area contributed by atoms with Gasteiger partial charge in [0.25, 0.3) is 0 Å². The van der Waals surface area contributed by atoms with Crippen LogP contribution in [-0.2, 0) is 4.79 Å². The fraction of sp³-hybridized carbons (Fsp3) is 0.588. The van der Waals surface area contributed by atoms with Gasteiger partial charge in [0.15, 0.2) is 0 Å². The van der Waals surface area contributed by atoms with Crippen molar-refractivity contribution in [1.29, 1.82) is 0 Å². The molecule has 21 heavy (non-hydrogen) atoms. The number of rotatable bonds is 5. The summed E-state index contributed by atoms with van der Waals surface area (Å²) in [6.07, 6.45) is 2.28. The van der Waals surface area contributed by atoms with Gasteiger partial charge < -0.3 is 15.2 Å². The molecule has 1 aromatic rings. The van der Waals surface area contributed by atoms with Crippen molar-refractivity contribution in [3.05, 3.63) is 28.8 Å². The summed E-state index contributed by atoms with van der Waals surface area (Å²) in [5.41, 5.74) is 2.91. The molecule has 0 fully saturated rings. The van der Waals surface area contributed by atoms with Crippen molar-refractivity contribution in [2.45, 2.75) is 58.6 Å². The molecule has 1 amide bonds. The maximum Gasteiger partial charge on any atom is 0.220 e. The number of benzene rings is 1. The number of fused-ring (bicyclic) bond motifs is 1. The molecule has 0 saturated carbocycles. The van der Waals surface area contributed by atoms with E-state index in [9.17, 15) is 9.90 Å². The van der Waals surface area contributed by atoms with Crippen LogP contribution in [-0.4, -0.2) is 17.6 Å². The minimum atomic E-state index is -0.524. The molecule has 4 nitrogen and oxygen atoms in total. The average molecular weight is 291 g/mol. The van der Waals surface area contributed by atoms with Crippen LogP contribution in [0.2, 0.25) is 0 Å². The normalized spacial score (nSPS) is 18.6. The van der Waals surface area contributed by atoms with Gasteiger partial charge in [-0.25, -0.2) is 0 Å². The predicted molar refractivity (Wildman–Crippen MR) is 82.3 cm³/mol. The zero-order chi connectivity index (χ0) is 15.4. The first-order chi connectivity index (χ1) is 10.1. The summed E-state index contributed by atoms with van der Waals surface area (Å²) in [4.78, 5) is 11.9. The largest absolute Gasteiger partial charge is 0.493 e. The standard InChI is InChI=1S/C17H25NO3/c1-4-6-16(20)18-14-7-8-21-17-12(14)9-11(3)10-13(17)15(19)5-2/h9-10,14-15,19H,4-8H2,1-3H3,(H,18,20). The third-order valence-electron chi connectivity index (χ3n) is 3.88. The quantitative estimate of drug-likeness (QED) is 0.876. The third-order valence-corrected chi connectivity index (χ3v) is 3.88. The number of amides is 1. The molecule has 2 atom stereocenters. The minimum absolute atomic E-state index is 0.0180. The Balaban J connectivity index is 2.33. The molecule has 2 unspecified atom stereocenters. The van der Waals surface area contributed by atoms with Gasteiger partial charge in [-0.1, -0.05) is 25.5 Å². The van der Waals surface area contributed by atoms with Crippen molar-refractivity contribution in [2.24, 2.45) is 0 Å². The lowest BCUT2D eigenvalue weighted by atomic mass is 9.92. The number of hydrogen-bond acceptors (Lipinski definition) is 3. The summed E-state index contributed by atoms with van der Waals surface area (Å²) in [6, 6.07) is 4.01. The smallest absolute Gasteiger partial charge is 0.220 e. The van der Waals surface area contributed by atoms with Crippen LogP contribution in [0, 0.1) is 6.92 Å². The molecule has 1 aliphatic heterocycles. The number of carbonyl (C=O) groups excluding carboxylic acids is 1.